The van der Waals surface area contributed by atoms with Gasteiger partial charge in [0.05, 0.1) is 11.1 Å². The van der Waals surface area contributed by atoms with Crippen molar-refractivity contribution in [2.24, 2.45) is 0 Å². The molecule has 1 N–H and O–H groups in total. The zero-order valence-electron chi connectivity index (χ0n) is 13.9. The Bertz CT molecular complexity index is 743. The minimum absolute atomic E-state index is 0.0582. The van der Waals surface area contributed by atoms with Crippen LogP contribution >= 0.6 is 11.6 Å². The molecule has 0 aliphatic rings. The second-order valence-corrected chi connectivity index (χ2v) is 5.96. The summed E-state index contributed by atoms with van der Waals surface area (Å²) in [4.78, 5) is 14.0. The first kappa shape index (κ1) is 19.1. The maximum atomic E-state index is 13.5. The Morgan fingerprint density at radius 2 is 1.96 bits per heavy atom. The summed E-state index contributed by atoms with van der Waals surface area (Å²) in [6.45, 7) is 2.38. The normalized spacial score (nSPS) is 12.1. The molecule has 1 unspecified atom stereocenters. The number of hydrogen-bond acceptors (Lipinski definition) is 3. The second kappa shape index (κ2) is 8.78. The highest BCUT2D eigenvalue weighted by molar-refractivity contribution is 6.31. The Balaban J connectivity index is 1.84. The molecule has 2 aromatic carbocycles. The van der Waals surface area contributed by atoms with Gasteiger partial charge in [0.1, 0.15) is 12.4 Å². The molecule has 0 radical (unpaired) electrons. The van der Waals surface area contributed by atoms with Crippen LogP contribution < -0.4 is 10.1 Å². The highest BCUT2D eigenvalue weighted by Gasteiger charge is 2.18. The molecule has 0 aliphatic carbocycles. The summed E-state index contributed by atoms with van der Waals surface area (Å²) in [5, 5.41) is 2.62. The van der Waals surface area contributed by atoms with Gasteiger partial charge in [-0.05, 0) is 44.3 Å². The molecule has 1 amide bonds. The molecule has 0 bridgehead atoms. The van der Waals surface area contributed by atoms with Gasteiger partial charge in [-0.2, -0.15) is 0 Å². The zero-order chi connectivity index (χ0) is 18.4. The van der Waals surface area contributed by atoms with Gasteiger partial charge < -0.3 is 10.1 Å². The molecule has 0 fully saturated rings. The monoisotopic (exact) mass is 368 g/mol. The number of para-hydroxylation sites is 1. The second-order valence-electron chi connectivity index (χ2n) is 5.55. The van der Waals surface area contributed by atoms with E-state index in [9.17, 15) is 13.6 Å². The van der Waals surface area contributed by atoms with Crippen LogP contribution in [-0.4, -0.2) is 37.0 Å². The van der Waals surface area contributed by atoms with Gasteiger partial charge in [-0.3, -0.25) is 9.69 Å². The number of carbonyl (C=O) groups is 1. The van der Waals surface area contributed by atoms with E-state index in [1.807, 2.05) is 0 Å². The van der Waals surface area contributed by atoms with Crippen LogP contribution in [0.25, 0.3) is 0 Å². The molecule has 0 aromatic heterocycles. The van der Waals surface area contributed by atoms with Gasteiger partial charge in [-0.15, -0.1) is 0 Å². The van der Waals surface area contributed by atoms with Gasteiger partial charge in [0.25, 0.3) is 0 Å². The highest BCUT2D eigenvalue weighted by atomic mass is 35.5. The number of carbonyl (C=O) groups excluding carboxylic acids is 1. The molecule has 134 valence electrons. The average Bonchev–Trinajstić information content (AvgIpc) is 2.59. The van der Waals surface area contributed by atoms with Crippen molar-refractivity contribution < 1.29 is 18.3 Å². The summed E-state index contributed by atoms with van der Waals surface area (Å²) < 4.78 is 32.0. The minimum atomic E-state index is -0.546. The predicted octanol–water partition coefficient (Wildman–Crippen LogP) is 3.96. The number of likely N-dealkylation sites (N-methyl/N-ethyl adjacent to an activating group) is 1. The number of nitrogens with one attached hydrogen (secondary N) is 1. The Morgan fingerprint density at radius 3 is 2.64 bits per heavy atom. The summed E-state index contributed by atoms with van der Waals surface area (Å²) in [5.41, 5.74) is 0.416. The summed E-state index contributed by atoms with van der Waals surface area (Å²) >= 11 is 5.70. The Kier molecular flexibility index (Phi) is 6.73. The van der Waals surface area contributed by atoms with E-state index in [-0.39, 0.29) is 23.3 Å². The van der Waals surface area contributed by atoms with Crippen molar-refractivity contribution in [2.45, 2.75) is 13.0 Å². The quantitative estimate of drug-likeness (QED) is 0.804. The maximum absolute atomic E-state index is 13.5. The first-order chi connectivity index (χ1) is 11.9. The number of anilines is 1. The van der Waals surface area contributed by atoms with E-state index in [1.165, 1.54) is 24.3 Å². The van der Waals surface area contributed by atoms with Gasteiger partial charge in [-0.25, -0.2) is 8.78 Å². The minimum Gasteiger partial charge on any atom is -0.489 e. The number of rotatable bonds is 7. The number of amides is 1. The van der Waals surface area contributed by atoms with E-state index in [2.05, 4.69) is 5.32 Å². The smallest absolute Gasteiger partial charge is 0.241 e. The molecule has 4 nitrogen and oxygen atoms in total. The fraction of sp³-hybridized carbons (Fsp3) is 0.278. The first-order valence-electron chi connectivity index (χ1n) is 7.72. The van der Waals surface area contributed by atoms with Crippen molar-refractivity contribution in [3.8, 4) is 5.75 Å². The Hall–Kier alpha value is -2.18. The SMILES string of the molecule is CC(C(=O)Nc1ccc(F)c(Cl)c1)N(C)CCOc1ccccc1F. The summed E-state index contributed by atoms with van der Waals surface area (Å²) in [6.07, 6.45) is 0. The van der Waals surface area contributed by atoms with Crippen LogP contribution in [0.5, 0.6) is 5.75 Å². The van der Waals surface area contributed by atoms with Crippen LogP contribution in [0.1, 0.15) is 6.92 Å². The molecule has 0 heterocycles. The van der Waals surface area contributed by atoms with Crippen molar-refractivity contribution in [3.05, 3.63) is 59.1 Å². The third-order valence-corrected chi connectivity index (χ3v) is 4.06. The summed E-state index contributed by atoms with van der Waals surface area (Å²) in [5.74, 6) is -1.07. The molecule has 0 aliphatic heterocycles. The molecule has 25 heavy (non-hydrogen) atoms. The van der Waals surface area contributed by atoms with Crippen molar-refractivity contribution in [2.75, 3.05) is 25.5 Å². The first-order valence-corrected chi connectivity index (χ1v) is 8.09. The largest absolute Gasteiger partial charge is 0.489 e. The van der Waals surface area contributed by atoms with Gasteiger partial charge in [0.2, 0.25) is 5.91 Å². The standard InChI is InChI=1S/C18H19ClF2N2O2/c1-12(18(24)22-13-7-8-15(20)14(19)11-13)23(2)9-10-25-17-6-4-3-5-16(17)21/h3-8,11-12H,9-10H2,1-2H3,(H,22,24). The fourth-order valence-electron chi connectivity index (χ4n) is 2.08. The topological polar surface area (TPSA) is 41.6 Å². The average molecular weight is 369 g/mol. The van der Waals surface area contributed by atoms with Crippen LogP contribution in [-0.2, 0) is 4.79 Å². The van der Waals surface area contributed by atoms with E-state index in [0.29, 0.717) is 12.2 Å². The molecule has 0 spiro atoms. The van der Waals surface area contributed by atoms with Crippen LogP contribution in [0, 0.1) is 11.6 Å². The van der Waals surface area contributed by atoms with Gasteiger partial charge in [0.15, 0.2) is 11.6 Å². The third kappa shape index (κ3) is 5.41. The molecule has 0 saturated carbocycles. The van der Waals surface area contributed by atoms with Crippen molar-refractivity contribution >= 4 is 23.2 Å². The lowest BCUT2D eigenvalue weighted by Crippen LogP contribution is -2.41. The lowest BCUT2D eigenvalue weighted by Gasteiger charge is -2.24. The van der Waals surface area contributed by atoms with E-state index in [4.69, 9.17) is 16.3 Å². The van der Waals surface area contributed by atoms with E-state index in [1.54, 1.807) is 37.1 Å². The Morgan fingerprint density at radius 1 is 1.24 bits per heavy atom. The molecule has 2 aromatic rings. The molecular weight excluding hydrogens is 350 g/mol. The number of nitrogens with zero attached hydrogens (tertiary/aromatic N) is 1. The highest BCUT2D eigenvalue weighted by Crippen LogP contribution is 2.20. The number of benzene rings is 2. The summed E-state index contributed by atoms with van der Waals surface area (Å²) in [6, 6.07) is 9.65. The maximum Gasteiger partial charge on any atom is 0.241 e. The molecule has 7 heteroatoms. The summed E-state index contributed by atoms with van der Waals surface area (Å²) in [7, 11) is 1.76. The Labute approximate surface area is 150 Å². The predicted molar refractivity (Wildman–Crippen MR) is 94.0 cm³/mol. The number of ether oxygens (including phenoxy) is 1. The zero-order valence-corrected chi connectivity index (χ0v) is 14.7. The number of halogens is 3. The van der Waals surface area contributed by atoms with E-state index >= 15 is 0 Å². The fourth-order valence-corrected chi connectivity index (χ4v) is 2.26. The molecule has 0 saturated heterocycles. The lowest BCUT2D eigenvalue weighted by molar-refractivity contribution is -0.120. The van der Waals surface area contributed by atoms with Crippen molar-refractivity contribution in [3.63, 3.8) is 0 Å². The van der Waals surface area contributed by atoms with Gasteiger partial charge in [-0.1, -0.05) is 23.7 Å². The van der Waals surface area contributed by atoms with Crippen molar-refractivity contribution in [1.82, 2.24) is 4.90 Å². The van der Waals surface area contributed by atoms with E-state index < -0.39 is 17.7 Å². The third-order valence-electron chi connectivity index (χ3n) is 3.77. The van der Waals surface area contributed by atoms with Crippen LogP contribution in [0.2, 0.25) is 5.02 Å². The van der Waals surface area contributed by atoms with Crippen LogP contribution in [0.4, 0.5) is 14.5 Å². The number of hydrogen-bond donors (Lipinski definition) is 1. The van der Waals surface area contributed by atoms with Gasteiger partial charge in [0, 0.05) is 12.2 Å². The molecule has 1 atom stereocenters. The van der Waals surface area contributed by atoms with Crippen LogP contribution in [0.3, 0.4) is 0 Å². The molecular formula is C18H19ClF2N2O2. The van der Waals surface area contributed by atoms with Crippen LogP contribution in [0.15, 0.2) is 42.5 Å². The van der Waals surface area contributed by atoms with E-state index in [0.717, 1.165) is 0 Å². The van der Waals surface area contributed by atoms with Gasteiger partial charge >= 0.3 is 0 Å². The lowest BCUT2D eigenvalue weighted by atomic mass is 10.2. The molecule has 2 rings (SSSR count). The van der Waals surface area contributed by atoms with Crippen molar-refractivity contribution in [1.29, 1.82) is 0 Å².